The summed E-state index contributed by atoms with van der Waals surface area (Å²) in [4.78, 5) is 25.5. The third-order valence-electron chi connectivity index (χ3n) is 4.56. The molecule has 3 rings (SSSR count). The van der Waals surface area contributed by atoms with Gasteiger partial charge < -0.3 is 14.8 Å². The minimum absolute atomic E-state index is 0.0334. The van der Waals surface area contributed by atoms with Gasteiger partial charge in [-0.1, -0.05) is 119 Å². The Bertz CT molecular complexity index is 1150. The monoisotopic (exact) mass is 591 g/mol. The van der Waals surface area contributed by atoms with Crippen LogP contribution in [0.25, 0.3) is 0 Å². The average molecular weight is 594 g/mol. The Morgan fingerprint density at radius 3 is 1.86 bits per heavy atom. The van der Waals surface area contributed by atoms with Crippen molar-refractivity contribution < 1.29 is 19.1 Å². The zero-order chi connectivity index (χ0) is 25.4. The predicted molar refractivity (Wildman–Crippen MR) is 143 cm³/mol. The smallest absolute Gasteiger partial charge is 0.408 e. The van der Waals surface area contributed by atoms with Crippen molar-refractivity contribution in [2.45, 2.75) is 18.4 Å². The van der Waals surface area contributed by atoms with Gasteiger partial charge in [0.15, 0.2) is 5.75 Å². The molecule has 0 heterocycles. The van der Waals surface area contributed by atoms with E-state index in [9.17, 15) is 9.59 Å². The normalized spacial score (nSPS) is 11.6. The van der Waals surface area contributed by atoms with E-state index in [0.717, 1.165) is 11.1 Å². The predicted octanol–water partition coefficient (Wildman–Crippen LogP) is 8.09. The summed E-state index contributed by atoms with van der Waals surface area (Å²) in [5, 5.41) is 1.88. The first-order chi connectivity index (χ1) is 16.8. The van der Waals surface area contributed by atoms with E-state index in [1.807, 2.05) is 60.7 Å². The lowest BCUT2D eigenvalue weighted by Crippen LogP contribution is -2.45. The van der Waals surface area contributed by atoms with E-state index in [1.54, 1.807) is 0 Å². The van der Waals surface area contributed by atoms with Gasteiger partial charge in [0.2, 0.25) is 0 Å². The first-order valence-corrected chi connectivity index (χ1v) is 13.1. The average Bonchev–Trinajstić information content (AvgIpc) is 2.88. The summed E-state index contributed by atoms with van der Waals surface area (Å²) in [5.74, 6) is -0.306. The van der Waals surface area contributed by atoms with Crippen LogP contribution in [0.4, 0.5) is 4.79 Å². The Balaban J connectivity index is 1.72. The van der Waals surface area contributed by atoms with Crippen LogP contribution < -0.4 is 10.1 Å². The molecule has 0 aromatic heterocycles. The molecule has 1 amide bonds. The van der Waals surface area contributed by atoms with Crippen molar-refractivity contribution in [3.63, 3.8) is 0 Å². The number of halogens is 5. The van der Waals surface area contributed by atoms with E-state index in [-0.39, 0.29) is 43.2 Å². The number of benzene rings is 3. The molecule has 0 aliphatic heterocycles. The fourth-order valence-electron chi connectivity index (χ4n) is 2.79. The number of nitrogens with one attached hydrogen (secondary N) is 1. The number of rotatable bonds is 9. The molecular formula is C24H18Cl5NO4S. The Morgan fingerprint density at radius 1 is 0.771 bits per heavy atom. The number of amides is 1. The quantitative estimate of drug-likeness (QED) is 0.118. The van der Waals surface area contributed by atoms with Crippen molar-refractivity contribution >= 4 is 81.8 Å². The minimum atomic E-state index is -1.09. The number of hydrogen-bond donors (Lipinski definition) is 1. The SMILES string of the molecule is O=C(NC(CSCc1ccccc1)C(=O)Oc1c(Cl)c(Cl)c(Cl)c(Cl)c1Cl)OCc1ccccc1. The Kier molecular flexibility index (Phi) is 10.7. The largest absolute Gasteiger partial charge is 0.445 e. The summed E-state index contributed by atoms with van der Waals surface area (Å²) in [6.45, 7) is 0.0334. The summed E-state index contributed by atoms with van der Waals surface area (Å²) < 4.78 is 10.7. The van der Waals surface area contributed by atoms with Gasteiger partial charge in [-0.3, -0.25) is 0 Å². The summed E-state index contributed by atoms with van der Waals surface area (Å²) in [7, 11) is 0. The van der Waals surface area contributed by atoms with Crippen molar-refractivity contribution in [2.75, 3.05) is 5.75 Å². The molecule has 184 valence electrons. The Labute approximate surface area is 231 Å². The minimum Gasteiger partial charge on any atom is -0.445 e. The van der Waals surface area contributed by atoms with Gasteiger partial charge in [0.25, 0.3) is 0 Å². The molecule has 0 spiro atoms. The Hall–Kier alpha value is -1.80. The second kappa shape index (κ2) is 13.5. The van der Waals surface area contributed by atoms with Crippen molar-refractivity contribution in [3.8, 4) is 5.75 Å². The van der Waals surface area contributed by atoms with Crippen LogP contribution in [0.15, 0.2) is 60.7 Å². The number of thioether (sulfide) groups is 1. The lowest BCUT2D eigenvalue weighted by Gasteiger charge is -2.19. The highest BCUT2D eigenvalue weighted by Crippen LogP contribution is 2.48. The van der Waals surface area contributed by atoms with Crippen LogP contribution in [-0.2, 0) is 21.9 Å². The lowest BCUT2D eigenvalue weighted by atomic mass is 10.2. The van der Waals surface area contributed by atoms with Crippen LogP contribution in [-0.4, -0.2) is 23.9 Å². The van der Waals surface area contributed by atoms with Gasteiger partial charge in [0.05, 0.1) is 15.1 Å². The van der Waals surface area contributed by atoms with Crippen LogP contribution >= 0.6 is 69.8 Å². The second-order valence-corrected chi connectivity index (χ2v) is 10.00. The third-order valence-corrected chi connectivity index (χ3v) is 7.91. The van der Waals surface area contributed by atoms with Crippen LogP contribution in [0, 0.1) is 0 Å². The first-order valence-electron chi connectivity index (χ1n) is 10.1. The maximum absolute atomic E-state index is 13.0. The molecule has 0 saturated carbocycles. The van der Waals surface area contributed by atoms with Gasteiger partial charge >= 0.3 is 12.1 Å². The zero-order valence-electron chi connectivity index (χ0n) is 17.9. The van der Waals surface area contributed by atoms with Gasteiger partial charge in [-0.25, -0.2) is 9.59 Å². The van der Waals surface area contributed by atoms with E-state index >= 15 is 0 Å². The van der Waals surface area contributed by atoms with E-state index in [4.69, 9.17) is 67.5 Å². The number of hydrogen-bond acceptors (Lipinski definition) is 5. The van der Waals surface area contributed by atoms with Crippen molar-refractivity contribution in [1.29, 1.82) is 0 Å². The molecule has 0 fully saturated rings. The molecule has 0 radical (unpaired) electrons. The van der Waals surface area contributed by atoms with E-state index < -0.39 is 18.1 Å². The maximum Gasteiger partial charge on any atom is 0.408 e. The first kappa shape index (κ1) is 27.8. The molecular weight excluding hydrogens is 576 g/mol. The fourth-order valence-corrected chi connectivity index (χ4v) is 4.99. The Morgan fingerprint density at radius 2 is 1.29 bits per heavy atom. The third kappa shape index (κ3) is 7.84. The highest BCUT2D eigenvalue weighted by atomic mass is 35.5. The van der Waals surface area contributed by atoms with Crippen LogP contribution in [0.3, 0.4) is 0 Å². The summed E-state index contributed by atoms with van der Waals surface area (Å²) in [5.41, 5.74) is 1.85. The molecule has 0 saturated heterocycles. The van der Waals surface area contributed by atoms with E-state index in [1.165, 1.54) is 11.8 Å². The van der Waals surface area contributed by atoms with Gasteiger partial charge in [0.1, 0.15) is 22.7 Å². The molecule has 1 atom stereocenters. The number of alkyl carbamates (subject to hydrolysis) is 1. The van der Waals surface area contributed by atoms with Crippen molar-refractivity contribution in [2.24, 2.45) is 0 Å². The topological polar surface area (TPSA) is 64.6 Å². The molecule has 35 heavy (non-hydrogen) atoms. The van der Waals surface area contributed by atoms with Gasteiger partial charge in [-0.15, -0.1) is 0 Å². The van der Waals surface area contributed by atoms with Gasteiger partial charge in [-0.05, 0) is 11.1 Å². The summed E-state index contributed by atoms with van der Waals surface area (Å²) in [6.07, 6.45) is -0.791. The molecule has 1 N–H and O–H groups in total. The standard InChI is InChI=1S/C24H18Cl5NO4S/c25-17-18(26)20(28)22(21(29)19(17)27)34-23(31)16(13-35-12-15-9-5-2-6-10-15)30-24(32)33-11-14-7-3-1-4-8-14/h1-10,16H,11-13H2,(H,30,32). The number of carbonyl (C=O) groups excluding carboxylic acids is 2. The molecule has 1 unspecified atom stereocenters. The zero-order valence-corrected chi connectivity index (χ0v) is 22.5. The van der Waals surface area contributed by atoms with Crippen LogP contribution in [0.2, 0.25) is 25.1 Å². The summed E-state index contributed by atoms with van der Waals surface area (Å²) >= 11 is 31.9. The van der Waals surface area contributed by atoms with Crippen LogP contribution in [0.5, 0.6) is 5.75 Å². The van der Waals surface area contributed by atoms with Crippen molar-refractivity contribution in [1.82, 2.24) is 5.32 Å². The summed E-state index contributed by atoms with van der Waals surface area (Å²) in [6, 6.07) is 17.7. The molecule has 0 aliphatic rings. The molecule has 11 heteroatoms. The number of ether oxygens (including phenoxy) is 2. The van der Waals surface area contributed by atoms with Gasteiger partial charge in [-0.2, -0.15) is 11.8 Å². The second-order valence-electron chi connectivity index (χ2n) is 7.08. The van der Waals surface area contributed by atoms with Crippen molar-refractivity contribution in [3.05, 3.63) is 96.9 Å². The molecule has 3 aromatic carbocycles. The highest BCUT2D eigenvalue weighted by Gasteiger charge is 2.28. The van der Waals surface area contributed by atoms with Crippen LogP contribution in [0.1, 0.15) is 11.1 Å². The lowest BCUT2D eigenvalue weighted by molar-refractivity contribution is -0.136. The molecule has 5 nitrogen and oxygen atoms in total. The van der Waals surface area contributed by atoms with E-state index in [2.05, 4.69) is 5.32 Å². The van der Waals surface area contributed by atoms with Gasteiger partial charge in [0, 0.05) is 11.5 Å². The molecule has 0 aliphatic carbocycles. The fraction of sp³-hybridized carbons (Fsp3) is 0.167. The molecule has 3 aromatic rings. The number of esters is 1. The highest BCUT2D eigenvalue weighted by molar-refractivity contribution is 7.98. The molecule has 0 bridgehead atoms. The maximum atomic E-state index is 13.0. The van der Waals surface area contributed by atoms with E-state index in [0.29, 0.717) is 5.75 Å². The number of carbonyl (C=O) groups is 2.